The summed E-state index contributed by atoms with van der Waals surface area (Å²) in [7, 11) is 0. The van der Waals surface area contributed by atoms with Crippen LogP contribution in [0.5, 0.6) is 0 Å². The van der Waals surface area contributed by atoms with Crippen molar-refractivity contribution in [1.82, 2.24) is 4.90 Å². The average molecular weight is 184 g/mol. The van der Waals surface area contributed by atoms with Crippen molar-refractivity contribution in [3.8, 4) is 0 Å². The van der Waals surface area contributed by atoms with Crippen LogP contribution in [0.25, 0.3) is 0 Å². The first-order valence-electron chi connectivity index (χ1n) is 4.95. The van der Waals surface area contributed by atoms with E-state index in [9.17, 15) is 4.79 Å². The van der Waals surface area contributed by atoms with Gasteiger partial charge in [0.25, 0.3) is 5.91 Å². The topological polar surface area (TPSA) is 55.6 Å². The van der Waals surface area contributed by atoms with E-state index in [2.05, 4.69) is 0 Å². The summed E-state index contributed by atoms with van der Waals surface area (Å²) in [5, 5.41) is 0. The molecule has 1 amide bonds. The number of hydrogen-bond acceptors (Lipinski definition) is 3. The van der Waals surface area contributed by atoms with Gasteiger partial charge >= 0.3 is 0 Å². The number of carbonyl (C=O) groups is 1. The molecule has 2 fully saturated rings. The Labute approximate surface area is 78.0 Å². The standard InChI is InChI=1S/C9H16N2O2/c10-6-7-3-4-11(7)9(12)8-2-1-5-13-8/h7-8H,1-6,10H2. The van der Waals surface area contributed by atoms with Crippen molar-refractivity contribution in [1.29, 1.82) is 0 Å². The molecule has 2 atom stereocenters. The zero-order valence-electron chi connectivity index (χ0n) is 7.74. The van der Waals surface area contributed by atoms with E-state index in [1.807, 2.05) is 4.90 Å². The average Bonchev–Trinajstić information content (AvgIpc) is 2.54. The molecule has 2 aliphatic rings. The summed E-state index contributed by atoms with van der Waals surface area (Å²) >= 11 is 0. The number of carbonyl (C=O) groups excluding carboxylic acids is 1. The molecule has 2 unspecified atom stereocenters. The van der Waals surface area contributed by atoms with Gasteiger partial charge in [0.1, 0.15) is 6.10 Å². The predicted molar refractivity (Wildman–Crippen MR) is 48.1 cm³/mol. The molecule has 0 saturated carbocycles. The van der Waals surface area contributed by atoms with Crippen molar-refractivity contribution in [3.63, 3.8) is 0 Å². The monoisotopic (exact) mass is 184 g/mol. The summed E-state index contributed by atoms with van der Waals surface area (Å²) in [6.07, 6.45) is 2.77. The molecular weight excluding hydrogens is 168 g/mol. The van der Waals surface area contributed by atoms with E-state index in [1.165, 1.54) is 0 Å². The van der Waals surface area contributed by atoms with Crippen LogP contribution in [0.3, 0.4) is 0 Å². The lowest BCUT2D eigenvalue weighted by molar-refractivity contribution is -0.148. The fourth-order valence-electron chi connectivity index (χ4n) is 1.93. The van der Waals surface area contributed by atoms with Crippen LogP contribution in [0.15, 0.2) is 0 Å². The smallest absolute Gasteiger partial charge is 0.251 e. The van der Waals surface area contributed by atoms with Crippen LogP contribution in [0.4, 0.5) is 0 Å². The normalized spacial score (nSPS) is 33.2. The lowest BCUT2D eigenvalue weighted by Gasteiger charge is -2.41. The molecule has 4 nitrogen and oxygen atoms in total. The maximum atomic E-state index is 11.7. The van der Waals surface area contributed by atoms with Gasteiger partial charge in [-0.05, 0) is 19.3 Å². The Kier molecular flexibility index (Phi) is 2.51. The minimum atomic E-state index is -0.172. The first-order chi connectivity index (χ1) is 6.33. The Hall–Kier alpha value is -0.610. The first kappa shape index (κ1) is 8.97. The van der Waals surface area contributed by atoms with Gasteiger partial charge in [-0.2, -0.15) is 0 Å². The number of amides is 1. The van der Waals surface area contributed by atoms with Gasteiger partial charge < -0.3 is 15.4 Å². The van der Waals surface area contributed by atoms with E-state index in [0.29, 0.717) is 6.54 Å². The molecule has 0 aromatic heterocycles. The van der Waals surface area contributed by atoms with Crippen LogP contribution >= 0.6 is 0 Å². The number of nitrogens with zero attached hydrogens (tertiary/aromatic N) is 1. The number of ether oxygens (including phenoxy) is 1. The lowest BCUT2D eigenvalue weighted by Crippen LogP contribution is -2.57. The van der Waals surface area contributed by atoms with Gasteiger partial charge in [-0.3, -0.25) is 4.79 Å². The summed E-state index contributed by atoms with van der Waals surface area (Å²) < 4.78 is 5.33. The van der Waals surface area contributed by atoms with E-state index >= 15 is 0 Å². The molecule has 2 heterocycles. The van der Waals surface area contributed by atoms with E-state index in [-0.39, 0.29) is 18.1 Å². The largest absolute Gasteiger partial charge is 0.368 e. The highest BCUT2D eigenvalue weighted by Crippen LogP contribution is 2.22. The number of nitrogens with two attached hydrogens (primary N) is 1. The van der Waals surface area contributed by atoms with Crippen molar-refractivity contribution in [2.24, 2.45) is 5.73 Å². The minimum Gasteiger partial charge on any atom is -0.368 e. The van der Waals surface area contributed by atoms with Crippen molar-refractivity contribution < 1.29 is 9.53 Å². The number of likely N-dealkylation sites (tertiary alicyclic amines) is 1. The fourth-order valence-corrected chi connectivity index (χ4v) is 1.93. The predicted octanol–water partition coefficient (Wildman–Crippen LogP) is -0.275. The zero-order chi connectivity index (χ0) is 9.26. The molecule has 0 radical (unpaired) electrons. The second kappa shape index (κ2) is 3.64. The zero-order valence-corrected chi connectivity index (χ0v) is 7.74. The Morgan fingerprint density at radius 2 is 2.38 bits per heavy atom. The van der Waals surface area contributed by atoms with Crippen LogP contribution in [0.1, 0.15) is 19.3 Å². The van der Waals surface area contributed by atoms with Crippen LogP contribution in [0.2, 0.25) is 0 Å². The molecular formula is C9H16N2O2. The first-order valence-corrected chi connectivity index (χ1v) is 4.95. The van der Waals surface area contributed by atoms with Crippen LogP contribution in [0, 0.1) is 0 Å². The van der Waals surface area contributed by atoms with Gasteiger partial charge in [0, 0.05) is 25.7 Å². The quantitative estimate of drug-likeness (QED) is 0.642. The second-order valence-electron chi connectivity index (χ2n) is 3.71. The molecule has 0 aliphatic carbocycles. The van der Waals surface area contributed by atoms with Gasteiger partial charge in [-0.15, -0.1) is 0 Å². The van der Waals surface area contributed by atoms with E-state index < -0.39 is 0 Å². The van der Waals surface area contributed by atoms with Gasteiger partial charge in [0.05, 0.1) is 0 Å². The van der Waals surface area contributed by atoms with Crippen molar-refractivity contribution >= 4 is 5.91 Å². The van der Waals surface area contributed by atoms with Gasteiger partial charge in [-0.25, -0.2) is 0 Å². The van der Waals surface area contributed by atoms with Gasteiger partial charge in [0.15, 0.2) is 0 Å². The summed E-state index contributed by atoms with van der Waals surface area (Å²) in [5.74, 6) is 0.152. The van der Waals surface area contributed by atoms with Crippen LogP contribution in [-0.4, -0.2) is 42.6 Å². The van der Waals surface area contributed by atoms with E-state index in [0.717, 1.165) is 32.4 Å². The molecule has 0 bridgehead atoms. The van der Waals surface area contributed by atoms with Crippen LogP contribution < -0.4 is 5.73 Å². The maximum absolute atomic E-state index is 11.7. The SMILES string of the molecule is NCC1CCN1C(=O)C1CCCO1. The van der Waals surface area contributed by atoms with E-state index in [1.54, 1.807) is 0 Å². The number of rotatable bonds is 2. The molecule has 13 heavy (non-hydrogen) atoms. The summed E-state index contributed by atoms with van der Waals surface area (Å²) in [4.78, 5) is 13.6. The molecule has 2 rings (SSSR count). The number of hydrogen-bond donors (Lipinski definition) is 1. The van der Waals surface area contributed by atoms with Gasteiger partial charge in [-0.1, -0.05) is 0 Å². The Bertz CT molecular complexity index is 200. The molecule has 2 N–H and O–H groups in total. The molecule has 4 heteroatoms. The highest BCUT2D eigenvalue weighted by molar-refractivity contribution is 5.82. The van der Waals surface area contributed by atoms with Crippen LogP contribution in [-0.2, 0) is 9.53 Å². The maximum Gasteiger partial charge on any atom is 0.251 e. The highest BCUT2D eigenvalue weighted by Gasteiger charge is 2.36. The Morgan fingerprint density at radius 3 is 2.85 bits per heavy atom. The Morgan fingerprint density at radius 1 is 1.54 bits per heavy atom. The molecule has 2 aliphatic heterocycles. The lowest BCUT2D eigenvalue weighted by atomic mass is 10.0. The van der Waals surface area contributed by atoms with Gasteiger partial charge in [0.2, 0.25) is 0 Å². The highest BCUT2D eigenvalue weighted by atomic mass is 16.5. The molecule has 0 aromatic rings. The summed E-state index contributed by atoms with van der Waals surface area (Å²) in [5.41, 5.74) is 5.53. The van der Waals surface area contributed by atoms with Crippen molar-refractivity contribution in [3.05, 3.63) is 0 Å². The third kappa shape index (κ3) is 1.56. The molecule has 0 spiro atoms. The summed E-state index contributed by atoms with van der Waals surface area (Å²) in [6.45, 7) is 2.18. The third-order valence-electron chi connectivity index (χ3n) is 2.90. The second-order valence-corrected chi connectivity index (χ2v) is 3.71. The molecule has 0 aromatic carbocycles. The molecule has 2 saturated heterocycles. The third-order valence-corrected chi connectivity index (χ3v) is 2.90. The summed E-state index contributed by atoms with van der Waals surface area (Å²) in [6, 6.07) is 0.275. The Balaban J connectivity index is 1.89. The van der Waals surface area contributed by atoms with E-state index in [4.69, 9.17) is 10.5 Å². The van der Waals surface area contributed by atoms with Crippen molar-refractivity contribution in [2.45, 2.75) is 31.4 Å². The minimum absolute atomic E-state index is 0.152. The molecule has 74 valence electrons. The van der Waals surface area contributed by atoms with Crippen molar-refractivity contribution in [2.75, 3.05) is 19.7 Å². The fraction of sp³-hybridized carbons (Fsp3) is 0.889.